The number of halogens is 2. The van der Waals surface area contributed by atoms with E-state index in [1.807, 2.05) is 6.92 Å². The van der Waals surface area contributed by atoms with Gasteiger partial charge >= 0.3 is 5.97 Å². The van der Waals surface area contributed by atoms with Crippen LogP contribution in [0.1, 0.15) is 31.0 Å². The van der Waals surface area contributed by atoms with Crippen molar-refractivity contribution in [2.45, 2.75) is 25.3 Å². The molecule has 0 fully saturated rings. The van der Waals surface area contributed by atoms with Crippen molar-refractivity contribution in [2.75, 3.05) is 5.73 Å². The van der Waals surface area contributed by atoms with Gasteiger partial charge in [0, 0.05) is 23.0 Å². The molecule has 0 spiro atoms. The van der Waals surface area contributed by atoms with Crippen LogP contribution in [0, 0.1) is 5.82 Å². The maximum Gasteiger partial charge on any atom is 0.326 e. The van der Waals surface area contributed by atoms with Crippen molar-refractivity contribution >= 4 is 23.3 Å². The predicted molar refractivity (Wildman–Crippen MR) is 85.2 cm³/mol. The van der Waals surface area contributed by atoms with E-state index in [0.717, 1.165) is 0 Å². The zero-order valence-corrected chi connectivity index (χ0v) is 13.0. The smallest absolute Gasteiger partial charge is 0.326 e. The number of hydrogen-bond donors (Lipinski definition) is 2. The van der Waals surface area contributed by atoms with Crippen molar-refractivity contribution in [1.82, 2.24) is 4.57 Å². The summed E-state index contributed by atoms with van der Waals surface area (Å²) < 4.78 is 15.6. The number of carbonyl (C=O) groups is 1. The average molecular weight is 337 g/mol. The Morgan fingerprint density at radius 3 is 2.78 bits per heavy atom. The molecule has 5 nitrogen and oxygen atoms in total. The number of pyridine rings is 1. The number of aromatic nitrogens is 1. The molecule has 0 saturated heterocycles. The van der Waals surface area contributed by atoms with Gasteiger partial charge in [0.15, 0.2) is 5.82 Å². The molecular weight excluding hydrogens is 323 g/mol. The fourth-order valence-corrected chi connectivity index (χ4v) is 3.25. The van der Waals surface area contributed by atoms with Crippen LogP contribution in [0.5, 0.6) is 0 Å². The highest BCUT2D eigenvalue weighted by Gasteiger charge is 2.34. The predicted octanol–water partition coefficient (Wildman–Crippen LogP) is 3.02. The second-order valence-corrected chi connectivity index (χ2v) is 6.10. The average Bonchev–Trinajstić information content (AvgIpc) is 2.82. The van der Waals surface area contributed by atoms with Crippen LogP contribution in [0.3, 0.4) is 0 Å². The summed E-state index contributed by atoms with van der Waals surface area (Å²) in [5.74, 6) is -1.89. The van der Waals surface area contributed by atoms with E-state index in [4.69, 9.17) is 17.3 Å². The third kappa shape index (κ3) is 2.39. The van der Waals surface area contributed by atoms with E-state index < -0.39 is 23.4 Å². The molecule has 0 bridgehead atoms. The molecule has 120 valence electrons. The van der Waals surface area contributed by atoms with E-state index in [2.05, 4.69) is 0 Å². The first-order valence-corrected chi connectivity index (χ1v) is 7.42. The third-order valence-electron chi connectivity index (χ3n) is 4.19. The summed E-state index contributed by atoms with van der Waals surface area (Å²) in [6.45, 7) is 1.83. The van der Waals surface area contributed by atoms with E-state index in [9.17, 15) is 19.1 Å². The summed E-state index contributed by atoms with van der Waals surface area (Å²) in [5.41, 5.74) is 6.41. The lowest BCUT2D eigenvalue weighted by Gasteiger charge is -2.13. The van der Waals surface area contributed by atoms with Crippen molar-refractivity contribution in [3.8, 4) is 11.1 Å². The molecule has 7 heteroatoms. The first-order valence-electron chi connectivity index (χ1n) is 7.04. The SMILES string of the molecule is CC1CC(C(=O)O)n2c1cc(-c1c(N)ccc(Cl)c1F)cc2=O. The van der Waals surface area contributed by atoms with Gasteiger partial charge in [0.2, 0.25) is 0 Å². The number of carboxylic acid groups (broad SMARTS) is 1. The van der Waals surface area contributed by atoms with Gasteiger partial charge in [-0.15, -0.1) is 0 Å². The minimum atomic E-state index is -1.06. The molecule has 0 amide bonds. The van der Waals surface area contributed by atoms with Gasteiger partial charge in [-0.2, -0.15) is 0 Å². The normalized spacial score (nSPS) is 19.6. The van der Waals surface area contributed by atoms with Crippen LogP contribution in [0.4, 0.5) is 10.1 Å². The van der Waals surface area contributed by atoms with Gasteiger partial charge in [-0.1, -0.05) is 18.5 Å². The van der Waals surface area contributed by atoms with Crippen LogP contribution < -0.4 is 11.3 Å². The minimum absolute atomic E-state index is 0.0592. The molecule has 0 aliphatic carbocycles. The summed E-state index contributed by atoms with van der Waals surface area (Å²) in [4.78, 5) is 23.7. The largest absolute Gasteiger partial charge is 0.480 e. The molecule has 0 radical (unpaired) electrons. The van der Waals surface area contributed by atoms with Crippen molar-refractivity contribution in [2.24, 2.45) is 0 Å². The number of nitrogens with two attached hydrogens (primary N) is 1. The number of anilines is 1. The van der Waals surface area contributed by atoms with Crippen molar-refractivity contribution in [3.05, 3.63) is 51.2 Å². The highest BCUT2D eigenvalue weighted by Crippen LogP contribution is 2.38. The van der Waals surface area contributed by atoms with Crippen LogP contribution in [-0.4, -0.2) is 15.6 Å². The Bertz CT molecular complexity index is 878. The second kappa shape index (κ2) is 5.38. The maximum atomic E-state index is 14.3. The van der Waals surface area contributed by atoms with Gasteiger partial charge in [-0.05, 0) is 36.1 Å². The van der Waals surface area contributed by atoms with Crippen LogP contribution >= 0.6 is 11.6 Å². The Balaban J connectivity index is 2.25. The Morgan fingerprint density at radius 2 is 2.13 bits per heavy atom. The Hall–Kier alpha value is -2.34. The summed E-state index contributed by atoms with van der Waals surface area (Å²) in [6, 6.07) is 4.72. The van der Waals surface area contributed by atoms with Gasteiger partial charge < -0.3 is 10.8 Å². The Morgan fingerprint density at radius 1 is 1.43 bits per heavy atom. The van der Waals surface area contributed by atoms with E-state index >= 15 is 0 Å². The van der Waals surface area contributed by atoms with Crippen molar-refractivity contribution < 1.29 is 14.3 Å². The Labute approximate surface area is 136 Å². The minimum Gasteiger partial charge on any atom is -0.480 e. The van der Waals surface area contributed by atoms with Crippen molar-refractivity contribution in [1.29, 1.82) is 0 Å². The van der Waals surface area contributed by atoms with Gasteiger partial charge in [0.05, 0.1) is 5.02 Å². The molecule has 2 aromatic rings. The standard InChI is InChI=1S/C16H14ClFN2O3/c1-7-4-12(16(22)23)20-11(7)5-8(6-13(20)21)14-10(19)3-2-9(17)15(14)18/h2-3,5-7,12H,4,19H2,1H3,(H,22,23). The lowest BCUT2D eigenvalue weighted by molar-refractivity contribution is -0.140. The molecule has 3 N–H and O–H groups in total. The quantitative estimate of drug-likeness (QED) is 0.825. The number of hydrogen-bond acceptors (Lipinski definition) is 3. The van der Waals surface area contributed by atoms with E-state index in [0.29, 0.717) is 17.7 Å². The third-order valence-corrected chi connectivity index (χ3v) is 4.48. The summed E-state index contributed by atoms with van der Waals surface area (Å²) in [5, 5.41) is 9.16. The maximum absolute atomic E-state index is 14.3. The number of aliphatic carboxylic acids is 1. The zero-order valence-electron chi connectivity index (χ0n) is 12.2. The molecule has 1 aromatic heterocycles. The number of nitrogens with zero attached hydrogens (tertiary/aromatic N) is 1. The topological polar surface area (TPSA) is 85.3 Å². The number of benzene rings is 1. The van der Waals surface area contributed by atoms with Gasteiger partial charge in [0.25, 0.3) is 5.56 Å². The molecular formula is C16H14ClFN2O3. The summed E-state index contributed by atoms with van der Waals surface area (Å²) in [7, 11) is 0. The first kappa shape index (κ1) is 15.6. The van der Waals surface area contributed by atoms with Gasteiger partial charge in [0.1, 0.15) is 6.04 Å². The molecule has 3 rings (SSSR count). The summed E-state index contributed by atoms with van der Waals surface area (Å²) in [6.07, 6.45) is 0.321. The fourth-order valence-electron chi connectivity index (χ4n) is 3.09. The number of fused-ring (bicyclic) bond motifs is 1. The monoisotopic (exact) mass is 336 g/mol. The fraction of sp³-hybridized carbons (Fsp3) is 0.250. The highest BCUT2D eigenvalue weighted by atomic mass is 35.5. The molecule has 0 saturated carbocycles. The van der Waals surface area contributed by atoms with Crippen LogP contribution in [0.2, 0.25) is 5.02 Å². The zero-order chi connectivity index (χ0) is 16.9. The van der Waals surface area contributed by atoms with E-state index in [1.165, 1.54) is 22.8 Å². The lowest BCUT2D eigenvalue weighted by Crippen LogP contribution is -2.27. The number of nitrogen functional groups attached to an aromatic ring is 1. The molecule has 2 unspecified atom stereocenters. The molecule has 1 aliphatic rings. The number of carboxylic acids is 1. The van der Waals surface area contributed by atoms with E-state index in [1.54, 1.807) is 6.07 Å². The highest BCUT2D eigenvalue weighted by molar-refractivity contribution is 6.31. The van der Waals surface area contributed by atoms with Crippen LogP contribution in [-0.2, 0) is 4.79 Å². The summed E-state index contributed by atoms with van der Waals surface area (Å²) >= 11 is 5.79. The second-order valence-electron chi connectivity index (χ2n) is 5.69. The molecule has 1 aromatic carbocycles. The van der Waals surface area contributed by atoms with Crippen molar-refractivity contribution in [3.63, 3.8) is 0 Å². The van der Waals surface area contributed by atoms with Gasteiger partial charge in [-0.25, -0.2) is 9.18 Å². The molecule has 2 atom stereocenters. The Kier molecular flexibility index (Phi) is 3.64. The van der Waals surface area contributed by atoms with Gasteiger partial charge in [-0.3, -0.25) is 9.36 Å². The molecule has 1 aliphatic heterocycles. The molecule has 2 heterocycles. The van der Waals surface area contributed by atoms with Crippen LogP contribution in [0.15, 0.2) is 29.1 Å². The first-order chi connectivity index (χ1) is 10.8. The van der Waals surface area contributed by atoms with E-state index in [-0.39, 0.29) is 22.2 Å². The molecule has 23 heavy (non-hydrogen) atoms. The van der Waals surface area contributed by atoms with Crippen LogP contribution in [0.25, 0.3) is 11.1 Å². The lowest BCUT2D eigenvalue weighted by atomic mass is 9.99. The number of rotatable bonds is 2.